The predicted molar refractivity (Wildman–Crippen MR) is 81.9 cm³/mol. The molecule has 1 aromatic carbocycles. The van der Waals surface area contributed by atoms with Crippen LogP contribution in [0.5, 0.6) is 0 Å². The van der Waals surface area contributed by atoms with Crippen molar-refractivity contribution in [3.05, 3.63) is 58.9 Å². The number of hydrogen-bond acceptors (Lipinski definition) is 2. The molecule has 2 N–H and O–H groups in total. The van der Waals surface area contributed by atoms with Crippen molar-refractivity contribution in [3.63, 3.8) is 0 Å². The van der Waals surface area contributed by atoms with E-state index >= 15 is 0 Å². The highest BCUT2D eigenvalue weighted by Crippen LogP contribution is 2.24. The van der Waals surface area contributed by atoms with Gasteiger partial charge in [0.2, 0.25) is 0 Å². The first kappa shape index (κ1) is 14.4. The number of hydrogen-bond donors (Lipinski definition) is 2. The first-order valence-corrected chi connectivity index (χ1v) is 7.44. The van der Waals surface area contributed by atoms with E-state index in [0.29, 0.717) is 18.7 Å². The topological polar surface area (TPSA) is 71.3 Å². The maximum Gasteiger partial charge on any atom is 0.352 e. The smallest absolute Gasteiger partial charge is 0.352 e. The van der Waals surface area contributed by atoms with Crippen LogP contribution in [0.2, 0.25) is 0 Å². The molecule has 5 heteroatoms. The van der Waals surface area contributed by atoms with Crippen molar-refractivity contribution >= 4 is 11.9 Å². The molecule has 114 valence electrons. The molecule has 2 aromatic rings. The summed E-state index contributed by atoms with van der Waals surface area (Å²) in [6.07, 6.45) is 2.69. The Labute approximate surface area is 128 Å². The first-order chi connectivity index (χ1) is 10.7. The minimum absolute atomic E-state index is 0.206. The van der Waals surface area contributed by atoms with Crippen molar-refractivity contribution < 1.29 is 14.7 Å². The predicted octanol–water partition coefficient (Wildman–Crippen LogP) is 2.45. The van der Waals surface area contributed by atoms with Crippen LogP contribution in [0.15, 0.2) is 36.4 Å². The van der Waals surface area contributed by atoms with E-state index in [4.69, 9.17) is 0 Å². The van der Waals surface area contributed by atoms with E-state index in [1.54, 1.807) is 4.57 Å². The zero-order valence-electron chi connectivity index (χ0n) is 12.2. The Hall–Kier alpha value is -2.56. The third-order valence-electron chi connectivity index (χ3n) is 4.01. The molecule has 0 spiro atoms. The second-order valence-corrected chi connectivity index (χ2v) is 5.47. The van der Waals surface area contributed by atoms with Gasteiger partial charge in [-0.05, 0) is 30.9 Å². The van der Waals surface area contributed by atoms with Gasteiger partial charge in [0, 0.05) is 18.8 Å². The van der Waals surface area contributed by atoms with Crippen molar-refractivity contribution in [2.45, 2.75) is 32.4 Å². The Balaban J connectivity index is 1.82. The van der Waals surface area contributed by atoms with E-state index in [2.05, 4.69) is 5.32 Å². The van der Waals surface area contributed by atoms with Gasteiger partial charge in [0.25, 0.3) is 5.91 Å². The molecule has 22 heavy (non-hydrogen) atoms. The number of nitrogens with zero attached hydrogens (tertiary/aromatic N) is 1. The normalized spacial score (nSPS) is 13.5. The standard InChI is InChI=1S/C17H18N2O3/c20-16(18-11-12-6-2-1-3-7-12)13-10-15(17(21)22)19-9-5-4-8-14(13)19/h1-3,6-7,10H,4-5,8-9,11H2,(H,18,20)(H,21,22). The molecule has 1 aliphatic heterocycles. The number of carboxylic acids is 1. The van der Waals surface area contributed by atoms with Crippen LogP contribution in [-0.4, -0.2) is 21.6 Å². The summed E-state index contributed by atoms with van der Waals surface area (Å²) < 4.78 is 1.77. The van der Waals surface area contributed by atoms with Gasteiger partial charge in [-0.1, -0.05) is 30.3 Å². The Kier molecular flexibility index (Phi) is 3.96. The zero-order valence-corrected chi connectivity index (χ0v) is 12.2. The number of rotatable bonds is 4. The lowest BCUT2D eigenvalue weighted by Crippen LogP contribution is -2.24. The fraction of sp³-hybridized carbons (Fsp3) is 0.294. The van der Waals surface area contributed by atoms with Crippen LogP contribution >= 0.6 is 0 Å². The summed E-state index contributed by atoms with van der Waals surface area (Å²) in [7, 11) is 0. The molecule has 0 radical (unpaired) electrons. The fourth-order valence-corrected chi connectivity index (χ4v) is 2.92. The molecule has 0 saturated carbocycles. The third-order valence-corrected chi connectivity index (χ3v) is 4.01. The Morgan fingerprint density at radius 2 is 1.95 bits per heavy atom. The average Bonchev–Trinajstić information content (AvgIpc) is 2.93. The lowest BCUT2D eigenvalue weighted by molar-refractivity contribution is 0.0683. The van der Waals surface area contributed by atoms with Gasteiger partial charge in [0.05, 0.1) is 5.56 Å². The van der Waals surface area contributed by atoms with Crippen LogP contribution in [-0.2, 0) is 19.5 Å². The Bertz CT molecular complexity index is 704. The van der Waals surface area contributed by atoms with Crippen LogP contribution in [0.25, 0.3) is 0 Å². The summed E-state index contributed by atoms with van der Waals surface area (Å²) in [6.45, 7) is 1.11. The van der Waals surface area contributed by atoms with Crippen molar-refractivity contribution in [1.82, 2.24) is 9.88 Å². The summed E-state index contributed by atoms with van der Waals surface area (Å²) in [6, 6.07) is 11.2. The van der Waals surface area contributed by atoms with Crippen LogP contribution in [0, 0.1) is 0 Å². The van der Waals surface area contributed by atoms with Crippen molar-refractivity contribution in [1.29, 1.82) is 0 Å². The lowest BCUT2D eigenvalue weighted by atomic mass is 10.1. The Morgan fingerprint density at radius 1 is 1.18 bits per heavy atom. The van der Waals surface area contributed by atoms with Gasteiger partial charge in [-0.25, -0.2) is 4.79 Å². The molecule has 0 fully saturated rings. The number of carbonyl (C=O) groups is 2. The van der Waals surface area contributed by atoms with Gasteiger partial charge >= 0.3 is 5.97 Å². The van der Waals surface area contributed by atoms with E-state index in [1.165, 1.54) is 6.07 Å². The van der Waals surface area contributed by atoms with Gasteiger partial charge in [0.1, 0.15) is 5.69 Å². The molecule has 2 heterocycles. The minimum atomic E-state index is -0.981. The van der Waals surface area contributed by atoms with Crippen LogP contribution in [0.3, 0.4) is 0 Å². The summed E-state index contributed by atoms with van der Waals surface area (Å²) in [4.78, 5) is 23.7. The number of carbonyl (C=O) groups excluding carboxylic acids is 1. The lowest BCUT2D eigenvalue weighted by Gasteiger charge is -2.17. The average molecular weight is 298 g/mol. The molecule has 0 unspecified atom stereocenters. The van der Waals surface area contributed by atoms with Crippen LogP contribution < -0.4 is 5.32 Å². The maximum atomic E-state index is 12.4. The SMILES string of the molecule is O=C(NCc1ccccc1)c1cc(C(=O)O)n2c1CCCC2. The van der Waals surface area contributed by atoms with Gasteiger partial charge in [-0.3, -0.25) is 4.79 Å². The van der Waals surface area contributed by atoms with Gasteiger partial charge in [0.15, 0.2) is 0 Å². The quantitative estimate of drug-likeness (QED) is 0.910. The van der Waals surface area contributed by atoms with E-state index in [-0.39, 0.29) is 11.6 Å². The van der Waals surface area contributed by atoms with E-state index in [0.717, 1.165) is 30.5 Å². The van der Waals surface area contributed by atoms with Gasteiger partial charge < -0.3 is 15.0 Å². The largest absolute Gasteiger partial charge is 0.477 e. The number of fused-ring (bicyclic) bond motifs is 1. The number of aromatic carboxylic acids is 1. The molecule has 3 rings (SSSR count). The molecular weight excluding hydrogens is 280 g/mol. The van der Waals surface area contributed by atoms with Gasteiger partial charge in [-0.2, -0.15) is 0 Å². The molecule has 0 bridgehead atoms. The molecule has 0 atom stereocenters. The highest BCUT2D eigenvalue weighted by molar-refractivity contribution is 5.98. The highest BCUT2D eigenvalue weighted by Gasteiger charge is 2.25. The van der Waals surface area contributed by atoms with Gasteiger partial charge in [-0.15, -0.1) is 0 Å². The molecular formula is C17H18N2O3. The number of benzene rings is 1. The zero-order chi connectivity index (χ0) is 15.5. The molecule has 0 saturated heterocycles. The second-order valence-electron chi connectivity index (χ2n) is 5.47. The van der Waals surface area contributed by atoms with Crippen LogP contribution in [0.1, 0.15) is 44.9 Å². The Morgan fingerprint density at radius 3 is 2.68 bits per heavy atom. The number of nitrogens with one attached hydrogen (secondary N) is 1. The molecule has 0 aliphatic carbocycles. The third kappa shape index (κ3) is 2.74. The minimum Gasteiger partial charge on any atom is -0.477 e. The maximum absolute atomic E-state index is 12.4. The molecule has 5 nitrogen and oxygen atoms in total. The van der Waals surface area contributed by atoms with Crippen LogP contribution in [0.4, 0.5) is 0 Å². The molecule has 1 aromatic heterocycles. The highest BCUT2D eigenvalue weighted by atomic mass is 16.4. The van der Waals surface area contributed by atoms with E-state index < -0.39 is 5.97 Å². The fourth-order valence-electron chi connectivity index (χ4n) is 2.92. The molecule has 1 amide bonds. The molecule has 1 aliphatic rings. The summed E-state index contributed by atoms with van der Waals surface area (Å²) in [5.74, 6) is -1.19. The monoisotopic (exact) mass is 298 g/mol. The first-order valence-electron chi connectivity index (χ1n) is 7.44. The van der Waals surface area contributed by atoms with E-state index in [1.807, 2.05) is 30.3 Å². The van der Waals surface area contributed by atoms with Crippen molar-refractivity contribution in [2.24, 2.45) is 0 Å². The second kappa shape index (κ2) is 6.05. The number of aromatic nitrogens is 1. The summed E-state index contributed by atoms with van der Waals surface area (Å²) in [5, 5.41) is 12.2. The van der Waals surface area contributed by atoms with Crippen molar-refractivity contribution in [3.8, 4) is 0 Å². The summed E-state index contributed by atoms with van der Waals surface area (Å²) >= 11 is 0. The van der Waals surface area contributed by atoms with E-state index in [9.17, 15) is 14.7 Å². The number of carboxylic acid groups (broad SMARTS) is 1. The summed E-state index contributed by atoms with van der Waals surface area (Å²) in [5.41, 5.74) is 2.56. The van der Waals surface area contributed by atoms with Crippen molar-refractivity contribution in [2.75, 3.05) is 0 Å². The number of amides is 1.